The Balaban J connectivity index is 0.000000160. The molecule has 3 aliphatic rings. The molecule has 3 saturated carbocycles. The lowest BCUT2D eigenvalue weighted by molar-refractivity contribution is -0.137. The number of hydrogen-bond donors (Lipinski definition) is 12. The highest BCUT2D eigenvalue weighted by Crippen LogP contribution is 2.44. The fourth-order valence-electron chi connectivity index (χ4n) is 11.0. The average Bonchev–Trinajstić information content (AvgIpc) is 1.14. The zero-order chi connectivity index (χ0) is 81.4. The van der Waals surface area contributed by atoms with E-state index < -0.39 is 69.7 Å². The Morgan fingerprint density at radius 1 is 0.439 bits per heavy atom. The lowest BCUT2D eigenvalue weighted by Gasteiger charge is -2.16. The fourth-order valence-corrected chi connectivity index (χ4v) is 11.2. The van der Waals surface area contributed by atoms with Gasteiger partial charge >= 0.3 is 41.6 Å². The number of nitrogens with one attached hydrogen (secondary N) is 9. The second kappa shape index (κ2) is 33.8. The number of nitrogens with zero attached hydrogens (tertiary/aromatic N) is 4. The smallest absolute Gasteiger partial charge is 0.417 e. The van der Waals surface area contributed by atoms with Crippen LogP contribution in [0.3, 0.4) is 0 Å². The van der Waals surface area contributed by atoms with Gasteiger partial charge in [-0.05, 0) is 155 Å². The number of aryl methyl sites for hydroxylation is 1. The van der Waals surface area contributed by atoms with Crippen molar-refractivity contribution in [3.8, 4) is 34.5 Å². The number of fused-ring (bicyclic) bond motifs is 3. The Hall–Kier alpha value is -13.3. The van der Waals surface area contributed by atoms with Crippen LogP contribution in [0.5, 0.6) is 34.5 Å². The van der Waals surface area contributed by atoms with Crippen LogP contribution >= 0.6 is 11.6 Å². The Morgan fingerprint density at radius 3 is 1.06 bits per heavy atom. The molecule has 11 aromatic rings. The molecule has 3 fully saturated rings. The van der Waals surface area contributed by atoms with Crippen LogP contribution in [0, 0.1) is 24.4 Å². The highest BCUT2D eigenvalue weighted by atomic mass is 35.5. The number of amides is 6. The number of carbonyl (C=O) groups is 6. The number of likely N-dealkylation sites (N-methyl/N-ethyl adjacent to an activating group) is 1. The van der Waals surface area contributed by atoms with E-state index in [1.54, 1.807) is 81.0 Å². The van der Waals surface area contributed by atoms with E-state index in [9.17, 15) is 50.7 Å². The highest BCUT2D eigenvalue weighted by Gasteiger charge is 2.41. The SMILES string of the molecule is CNC(=O)C(=O)Nc1ccc(Nc2ccnc3cc(OCC4(N)CC4)c(OC)cc23)c(F)c1.COc1cc2c(Nc3ccc(NC(=O)C(=O)Nc4cc(C)on4)cc3F)ccnc2cc1OCC1(N)CC1.COc1cc2c(Nc3ccc(NC(=O)C(=O)Nc4ccc(Cl)c(C(F)(F)F)c4)cc3F)ccnc2cc1OCC1(N)CC1. The van der Waals surface area contributed by atoms with Gasteiger partial charge in [0.25, 0.3) is 0 Å². The first-order valence-corrected chi connectivity index (χ1v) is 35.2. The van der Waals surface area contributed by atoms with Crippen molar-refractivity contribution in [3.63, 3.8) is 0 Å². The number of pyridine rings is 3. The van der Waals surface area contributed by atoms with Crippen molar-refractivity contribution >= 4 is 142 Å². The average molecular weight is 1590 g/mol. The minimum absolute atomic E-state index is 0.0499. The van der Waals surface area contributed by atoms with E-state index >= 15 is 4.39 Å². The number of halogens is 7. The van der Waals surface area contributed by atoms with Crippen LogP contribution in [-0.2, 0) is 34.9 Å². The number of benzene rings is 7. The number of anilines is 11. The maximum Gasteiger partial charge on any atom is 0.417 e. The first-order chi connectivity index (χ1) is 54.4. The number of rotatable bonds is 23. The summed E-state index contributed by atoms with van der Waals surface area (Å²) in [5, 5.41) is 27.6. The summed E-state index contributed by atoms with van der Waals surface area (Å²) in [5.41, 5.74) is 20.0. The summed E-state index contributed by atoms with van der Waals surface area (Å²) >= 11 is 5.57. The summed E-state index contributed by atoms with van der Waals surface area (Å²) in [5.74, 6) is -4.63. The van der Waals surface area contributed by atoms with Crippen molar-refractivity contribution in [2.24, 2.45) is 17.2 Å². The maximum absolute atomic E-state index is 15.1. The van der Waals surface area contributed by atoms with Crippen molar-refractivity contribution in [2.45, 2.75) is 68.2 Å². The van der Waals surface area contributed by atoms with Gasteiger partial charge in [0.15, 0.2) is 40.3 Å². The summed E-state index contributed by atoms with van der Waals surface area (Å²) in [4.78, 5) is 85.1. The third kappa shape index (κ3) is 20.1. The van der Waals surface area contributed by atoms with E-state index in [4.69, 9.17) is 61.7 Å². The molecular weight excluding hydrogens is 1520 g/mol. The van der Waals surface area contributed by atoms with E-state index in [2.05, 4.69) is 68.0 Å². The largest absolute Gasteiger partial charge is 0.493 e. The van der Waals surface area contributed by atoms with Crippen molar-refractivity contribution in [2.75, 3.05) is 90.7 Å². The predicted octanol–water partition coefficient (Wildman–Crippen LogP) is 12.8. The lowest BCUT2D eigenvalue weighted by atomic mass is 10.1. The molecule has 0 bridgehead atoms. The molecule has 4 aromatic heterocycles. The monoisotopic (exact) mass is 1590 g/mol. The van der Waals surface area contributed by atoms with Crippen LogP contribution in [0.2, 0.25) is 5.02 Å². The van der Waals surface area contributed by atoms with Crippen LogP contribution in [-0.4, -0.2) is 120 Å². The van der Waals surface area contributed by atoms with Crippen LogP contribution < -0.4 is 93.5 Å². The molecular formula is C78H73ClF6N16O13. The van der Waals surface area contributed by atoms with Gasteiger partial charge in [0, 0.05) is 106 Å². The normalized spacial score (nSPS) is 13.7. The minimum atomic E-state index is -4.76. The maximum atomic E-state index is 15.1. The Kier molecular flexibility index (Phi) is 23.8. The molecule has 14 rings (SSSR count). The van der Waals surface area contributed by atoms with Crippen molar-refractivity contribution in [1.29, 1.82) is 0 Å². The van der Waals surface area contributed by atoms with Gasteiger partial charge in [0.05, 0.1) is 82.1 Å². The van der Waals surface area contributed by atoms with Crippen LogP contribution in [0.1, 0.15) is 49.8 Å². The summed E-state index contributed by atoms with van der Waals surface area (Å²) in [7, 11) is 5.90. The first-order valence-electron chi connectivity index (χ1n) is 34.8. The van der Waals surface area contributed by atoms with Gasteiger partial charge in [-0.25, -0.2) is 13.2 Å². The molecule has 0 aliphatic heterocycles. The van der Waals surface area contributed by atoms with E-state index in [1.807, 2.05) is 0 Å². The summed E-state index contributed by atoms with van der Waals surface area (Å²) < 4.78 is 123. The van der Waals surface area contributed by atoms with Gasteiger partial charge in [-0.1, -0.05) is 16.8 Å². The molecule has 0 spiro atoms. The Morgan fingerprint density at radius 2 is 0.763 bits per heavy atom. The molecule has 0 unspecified atom stereocenters. The van der Waals surface area contributed by atoms with E-state index in [0.717, 1.165) is 68.9 Å². The molecule has 592 valence electrons. The topological polar surface area (TPSA) is 409 Å². The van der Waals surface area contributed by atoms with Gasteiger partial charge in [0.1, 0.15) is 43.0 Å². The number of carbonyl (C=O) groups excluding carboxylic acids is 6. The Bertz CT molecular complexity index is 5550. The van der Waals surface area contributed by atoms with Crippen LogP contribution in [0.4, 0.5) is 89.0 Å². The fraction of sp³-hybridized carbons (Fsp3) is 0.231. The molecule has 0 atom stereocenters. The molecule has 6 amide bonds. The molecule has 36 heteroatoms. The van der Waals surface area contributed by atoms with Crippen LogP contribution in [0.25, 0.3) is 32.7 Å². The highest BCUT2D eigenvalue weighted by molar-refractivity contribution is 6.44. The molecule has 4 heterocycles. The zero-order valence-corrected chi connectivity index (χ0v) is 62.0. The molecule has 15 N–H and O–H groups in total. The van der Waals surface area contributed by atoms with E-state index in [0.29, 0.717) is 116 Å². The number of hydrogen-bond acceptors (Lipinski definition) is 23. The van der Waals surface area contributed by atoms with E-state index in [1.165, 1.54) is 69.9 Å². The first kappa shape index (κ1) is 80.3. The van der Waals surface area contributed by atoms with Gasteiger partial charge in [-0.15, -0.1) is 0 Å². The van der Waals surface area contributed by atoms with Gasteiger partial charge in [-0.2, -0.15) is 13.2 Å². The molecule has 0 radical (unpaired) electrons. The zero-order valence-electron chi connectivity index (χ0n) is 61.3. The molecule has 3 aliphatic carbocycles. The summed E-state index contributed by atoms with van der Waals surface area (Å²) in [6.45, 7) is 2.75. The van der Waals surface area contributed by atoms with Crippen molar-refractivity contribution in [3.05, 3.63) is 186 Å². The standard InChI is InChI=1S/C29H24ClF4N5O4.C26H25FN6O5.C23H24FN5O4/c1-42-24-12-17-21(6-9-36-23(17)13-25(24)43-14-28(35)7-8-28)39-22-5-3-16(11-20(22)31)38-27(41)26(40)37-15-2-4-19(30)18(10-15)29(32,33)34;1-14-9-23(33-38-14)32-25(35)24(34)30-15-3-4-19(17(27)10-15)31-18-5-8-29-20-12-22(21(36-2)11-16(18)20)37-13-26(28)6-7-26;1-26-21(30)22(31)28-13-3-4-17(15(24)9-13)29-16-5-8-27-18-11-20(19(32-2)10-14(16)18)33-12-23(25)6-7-23/h2-6,9-13H,7-8,14,35H2,1H3,(H,36,39)(H,37,40)(H,38,41);3-5,8-12H,6-7,13,28H2,1-2H3,(H,29,31)(H,30,34)(H,32,33,35);3-5,8-11H,6-7,12,25H2,1-2H3,(H,26,30)(H,27,29)(H,28,31). The minimum Gasteiger partial charge on any atom is -0.493 e. The number of alkyl halides is 3. The lowest BCUT2D eigenvalue weighted by Crippen LogP contribution is -2.32. The Labute approximate surface area is 649 Å². The van der Waals surface area contributed by atoms with Gasteiger partial charge in [-0.3, -0.25) is 49.0 Å². The predicted molar refractivity (Wildman–Crippen MR) is 414 cm³/mol. The number of methoxy groups -OCH3 is 3. The third-order valence-electron chi connectivity index (χ3n) is 18.0. The number of ether oxygens (including phenoxy) is 6. The summed E-state index contributed by atoms with van der Waals surface area (Å²) in [6.07, 6.45) is 5.41. The second-order valence-corrected chi connectivity index (χ2v) is 27.3. The molecule has 29 nitrogen and oxygen atoms in total. The van der Waals surface area contributed by atoms with Gasteiger partial charge in [0.2, 0.25) is 0 Å². The third-order valence-corrected chi connectivity index (χ3v) is 18.4. The number of aromatic nitrogens is 4. The second-order valence-electron chi connectivity index (χ2n) is 26.9. The quantitative estimate of drug-likeness (QED) is 0.0209. The molecule has 114 heavy (non-hydrogen) atoms. The summed E-state index contributed by atoms with van der Waals surface area (Å²) in [6, 6.07) is 31.4. The van der Waals surface area contributed by atoms with Gasteiger partial charge < -0.3 is 92.7 Å². The van der Waals surface area contributed by atoms with E-state index in [-0.39, 0.29) is 62.2 Å². The van der Waals surface area contributed by atoms with Crippen molar-refractivity contribution in [1.82, 2.24) is 25.4 Å². The molecule has 0 saturated heterocycles. The van der Waals surface area contributed by atoms with Crippen molar-refractivity contribution < 1.29 is 88.1 Å². The van der Waals surface area contributed by atoms with Crippen LogP contribution in [0.15, 0.2) is 157 Å². The number of nitrogens with two attached hydrogens (primary N) is 3. The molecule has 7 aromatic carbocycles.